The fourth-order valence-electron chi connectivity index (χ4n) is 4.88. The van der Waals surface area contributed by atoms with Gasteiger partial charge in [0.1, 0.15) is 53.3 Å². The second kappa shape index (κ2) is 11.8. The van der Waals surface area contributed by atoms with Gasteiger partial charge >= 0.3 is 0 Å². The van der Waals surface area contributed by atoms with Crippen LogP contribution in [0.5, 0.6) is 28.7 Å². The molecule has 0 aliphatic carbocycles. The van der Waals surface area contributed by atoms with E-state index in [1.807, 2.05) is 0 Å². The summed E-state index contributed by atoms with van der Waals surface area (Å²) >= 11 is 0. The van der Waals surface area contributed by atoms with Crippen LogP contribution < -0.4 is 19.6 Å². The Balaban J connectivity index is 1.63. The highest BCUT2D eigenvalue weighted by Crippen LogP contribution is 2.44. The van der Waals surface area contributed by atoms with Gasteiger partial charge < -0.3 is 69.0 Å². The summed E-state index contributed by atoms with van der Waals surface area (Å²) in [6, 6.07) is 7.20. The molecule has 0 amide bonds. The molecule has 5 rings (SSSR count). The monoisotopic (exact) mass is 608 g/mol. The van der Waals surface area contributed by atoms with E-state index in [1.165, 1.54) is 33.1 Å². The molecular weight excluding hydrogens is 576 g/mol. The lowest BCUT2D eigenvalue weighted by Gasteiger charge is -2.39. The number of aliphatic hydroxyl groups excluding tert-OH is 6. The van der Waals surface area contributed by atoms with Crippen molar-refractivity contribution >= 4 is 11.0 Å². The largest absolute Gasteiger partial charge is 0.504 e. The Morgan fingerprint density at radius 1 is 0.721 bits per heavy atom. The third-order valence-corrected chi connectivity index (χ3v) is 7.50. The molecule has 0 bridgehead atoms. The molecule has 43 heavy (non-hydrogen) atoms. The zero-order valence-corrected chi connectivity index (χ0v) is 23.1. The lowest BCUT2D eigenvalue weighted by atomic mass is 10.00. The van der Waals surface area contributed by atoms with E-state index in [0.29, 0.717) is 5.75 Å². The summed E-state index contributed by atoms with van der Waals surface area (Å²) in [5.74, 6) is -2.77. The number of hydrogen-bond donors (Lipinski definition) is 8. The fourth-order valence-corrected chi connectivity index (χ4v) is 4.88. The Morgan fingerprint density at radius 2 is 1.26 bits per heavy atom. The molecule has 2 aliphatic rings. The van der Waals surface area contributed by atoms with Crippen molar-refractivity contribution in [3.8, 4) is 40.1 Å². The molecule has 0 saturated carbocycles. The molecule has 0 radical (unpaired) electrons. The number of phenolic OH excluding ortho intramolecular Hbond substituents is 2. The van der Waals surface area contributed by atoms with Crippen LogP contribution in [-0.2, 0) is 9.47 Å². The summed E-state index contributed by atoms with van der Waals surface area (Å²) < 4.78 is 33.3. The minimum atomic E-state index is -1.79. The standard InChI is InChI=1S/C28H32O15/c1-9-16(29)21(34)23(36)27(39-9)42-14-8-13-15(19(32)18(14)31)20(33)26(25(41-13)11-4-6-12(38-3)7-5-11)43-28-24(37)22(35)17(30)10(2)40-28/h4-10,16-17,21-24,27-32,34-37H,1-3H3/t9?,10?,16-,17-,21-,22?,23?,24-,27-,28-/m0/s1. The van der Waals surface area contributed by atoms with E-state index in [1.54, 1.807) is 12.1 Å². The number of aliphatic hydroxyl groups is 6. The van der Waals surface area contributed by atoms with E-state index in [2.05, 4.69) is 0 Å². The number of hydrogen-bond acceptors (Lipinski definition) is 15. The van der Waals surface area contributed by atoms with Crippen LogP contribution in [-0.4, -0.2) is 109 Å². The molecule has 10 atom stereocenters. The highest BCUT2D eigenvalue weighted by atomic mass is 16.7. The molecule has 2 aliphatic heterocycles. The maximum absolute atomic E-state index is 13.8. The van der Waals surface area contributed by atoms with Crippen molar-refractivity contribution in [2.24, 2.45) is 0 Å². The Bertz CT molecular complexity index is 1520. The summed E-state index contributed by atoms with van der Waals surface area (Å²) in [5, 5.41) is 82.2. The topological polar surface area (TPSA) is 238 Å². The minimum Gasteiger partial charge on any atom is -0.504 e. The van der Waals surface area contributed by atoms with Crippen molar-refractivity contribution in [1.82, 2.24) is 0 Å². The SMILES string of the molecule is COc1ccc(-c2oc3cc(O[C@@H]4OC(C)[C@H](O)[C@H](O)C4O)c(O)c(O)c3c(=O)c2O[C@@H]2OC(C)[C@H](O)C(O)[C@@H]2O)cc1. The molecule has 8 N–H and O–H groups in total. The lowest BCUT2D eigenvalue weighted by molar-refractivity contribution is -0.268. The summed E-state index contributed by atoms with van der Waals surface area (Å²) in [7, 11) is 1.45. The maximum Gasteiger partial charge on any atom is 0.239 e. The second-order valence-corrected chi connectivity index (χ2v) is 10.4. The highest BCUT2D eigenvalue weighted by molar-refractivity contribution is 5.91. The summed E-state index contributed by atoms with van der Waals surface area (Å²) in [6.07, 6.45) is -15.0. The van der Waals surface area contributed by atoms with Crippen LogP contribution in [0.25, 0.3) is 22.3 Å². The average molecular weight is 609 g/mol. The number of rotatable bonds is 6. The van der Waals surface area contributed by atoms with Crippen LogP contribution in [0.3, 0.4) is 0 Å². The van der Waals surface area contributed by atoms with Crippen LogP contribution in [0.4, 0.5) is 0 Å². The molecule has 3 aromatic rings. The van der Waals surface area contributed by atoms with Gasteiger partial charge in [-0.1, -0.05) is 0 Å². The van der Waals surface area contributed by atoms with Gasteiger partial charge in [-0.05, 0) is 38.1 Å². The van der Waals surface area contributed by atoms with Crippen molar-refractivity contribution in [3.63, 3.8) is 0 Å². The van der Waals surface area contributed by atoms with E-state index in [4.69, 9.17) is 28.1 Å². The zero-order chi connectivity index (χ0) is 31.3. The van der Waals surface area contributed by atoms with E-state index < -0.39 is 95.2 Å². The molecule has 2 fully saturated rings. The van der Waals surface area contributed by atoms with Gasteiger partial charge in [0.15, 0.2) is 17.3 Å². The van der Waals surface area contributed by atoms with E-state index in [-0.39, 0.29) is 16.9 Å². The number of aromatic hydroxyl groups is 2. The van der Waals surface area contributed by atoms with Crippen LogP contribution >= 0.6 is 0 Å². The van der Waals surface area contributed by atoms with Gasteiger partial charge in [-0.15, -0.1) is 0 Å². The Hall–Kier alpha value is -3.67. The molecule has 15 nitrogen and oxygen atoms in total. The van der Waals surface area contributed by atoms with Crippen molar-refractivity contribution in [3.05, 3.63) is 40.6 Å². The van der Waals surface area contributed by atoms with Gasteiger partial charge in [0.05, 0.1) is 19.3 Å². The lowest BCUT2D eigenvalue weighted by Crippen LogP contribution is -2.58. The van der Waals surface area contributed by atoms with E-state index >= 15 is 0 Å². The third-order valence-electron chi connectivity index (χ3n) is 7.50. The molecule has 2 aromatic carbocycles. The average Bonchev–Trinajstić information content (AvgIpc) is 2.99. The molecule has 0 spiro atoms. The van der Waals surface area contributed by atoms with E-state index in [0.717, 1.165) is 6.07 Å². The van der Waals surface area contributed by atoms with Crippen molar-refractivity contribution in [2.75, 3.05) is 7.11 Å². The first-order chi connectivity index (χ1) is 20.3. The second-order valence-electron chi connectivity index (χ2n) is 10.4. The van der Waals surface area contributed by atoms with Gasteiger partial charge in [0.2, 0.25) is 29.5 Å². The van der Waals surface area contributed by atoms with E-state index in [9.17, 15) is 45.6 Å². The van der Waals surface area contributed by atoms with Crippen LogP contribution in [0.1, 0.15) is 13.8 Å². The number of methoxy groups -OCH3 is 1. The smallest absolute Gasteiger partial charge is 0.239 e. The minimum absolute atomic E-state index is 0.221. The normalized spacial score (nSPS) is 32.9. The predicted molar refractivity (Wildman–Crippen MR) is 144 cm³/mol. The molecular formula is C28H32O15. The molecule has 2 saturated heterocycles. The van der Waals surface area contributed by atoms with Crippen molar-refractivity contribution in [1.29, 1.82) is 0 Å². The van der Waals surface area contributed by atoms with Crippen LogP contribution in [0.15, 0.2) is 39.5 Å². The Morgan fingerprint density at radius 3 is 1.79 bits per heavy atom. The number of phenols is 2. The molecule has 234 valence electrons. The number of benzene rings is 2. The highest BCUT2D eigenvalue weighted by Gasteiger charge is 2.45. The first-order valence-corrected chi connectivity index (χ1v) is 13.3. The number of fused-ring (bicyclic) bond motifs is 1. The maximum atomic E-state index is 13.8. The quantitative estimate of drug-likeness (QED) is 0.161. The molecule has 15 heteroatoms. The van der Waals surface area contributed by atoms with Gasteiger partial charge in [-0.25, -0.2) is 0 Å². The van der Waals surface area contributed by atoms with Crippen molar-refractivity contribution in [2.45, 2.75) is 75.3 Å². The van der Waals surface area contributed by atoms with Crippen molar-refractivity contribution < 1.29 is 69.0 Å². The van der Waals surface area contributed by atoms with Crippen LogP contribution in [0, 0.1) is 0 Å². The molecule has 1 aromatic heterocycles. The summed E-state index contributed by atoms with van der Waals surface area (Å²) in [4.78, 5) is 13.8. The first kappa shape index (κ1) is 30.8. The first-order valence-electron chi connectivity index (χ1n) is 13.3. The number of ether oxygens (including phenoxy) is 5. The van der Waals surface area contributed by atoms with Crippen LogP contribution in [0.2, 0.25) is 0 Å². The molecule has 3 heterocycles. The Kier molecular flexibility index (Phi) is 8.43. The van der Waals surface area contributed by atoms with Gasteiger partial charge in [0, 0.05) is 11.6 Å². The molecule has 4 unspecified atom stereocenters. The zero-order valence-electron chi connectivity index (χ0n) is 23.1. The van der Waals surface area contributed by atoms with Gasteiger partial charge in [0.25, 0.3) is 0 Å². The fraction of sp³-hybridized carbons (Fsp3) is 0.464. The predicted octanol–water partition coefficient (Wildman–Crippen LogP) is -0.708. The van der Waals surface area contributed by atoms with Gasteiger partial charge in [-0.3, -0.25) is 4.79 Å². The summed E-state index contributed by atoms with van der Waals surface area (Å²) in [5.41, 5.74) is -1.07. The van der Waals surface area contributed by atoms with Gasteiger partial charge in [-0.2, -0.15) is 0 Å². The third kappa shape index (κ3) is 5.45. The summed E-state index contributed by atoms with van der Waals surface area (Å²) in [6.45, 7) is 2.84. The Labute approximate surface area is 243 Å².